The van der Waals surface area contributed by atoms with Gasteiger partial charge in [-0.15, -0.1) is 0 Å². The summed E-state index contributed by atoms with van der Waals surface area (Å²) in [6.07, 6.45) is 5.08. The van der Waals surface area contributed by atoms with Crippen molar-refractivity contribution >= 4 is 17.7 Å². The van der Waals surface area contributed by atoms with Gasteiger partial charge in [-0.25, -0.2) is 15.4 Å². The minimum Gasteiger partial charge on any atom is -0.359 e. The van der Waals surface area contributed by atoms with Gasteiger partial charge in [0.15, 0.2) is 5.82 Å². The maximum Gasteiger partial charge on any atom is 0.273 e. The largest absolute Gasteiger partial charge is 0.359 e. The second kappa shape index (κ2) is 6.37. The molecule has 1 amide bonds. The highest BCUT2D eigenvalue weighted by Crippen LogP contribution is 2.23. The lowest BCUT2D eigenvalue weighted by Crippen LogP contribution is -2.14. The third-order valence-corrected chi connectivity index (χ3v) is 3.94. The van der Waals surface area contributed by atoms with Gasteiger partial charge in [0.05, 0.1) is 5.57 Å². The Morgan fingerprint density at radius 1 is 1.21 bits per heavy atom. The van der Waals surface area contributed by atoms with Crippen LogP contribution in [0.4, 0.5) is 0 Å². The molecule has 2 aromatic heterocycles. The molecule has 0 bridgehead atoms. The van der Waals surface area contributed by atoms with Gasteiger partial charge in [0, 0.05) is 30.3 Å². The number of H-pyrrole nitrogens is 1. The van der Waals surface area contributed by atoms with Crippen molar-refractivity contribution in [3.63, 3.8) is 0 Å². The maximum absolute atomic E-state index is 12.2. The molecule has 0 unspecified atom stereocenters. The van der Waals surface area contributed by atoms with E-state index >= 15 is 0 Å². The van der Waals surface area contributed by atoms with E-state index in [1.807, 2.05) is 27.1 Å². The van der Waals surface area contributed by atoms with Crippen molar-refractivity contribution in [2.45, 2.75) is 20.4 Å². The second-order valence-electron chi connectivity index (χ2n) is 6.04. The van der Waals surface area contributed by atoms with Crippen LogP contribution in [0.25, 0.3) is 6.08 Å². The van der Waals surface area contributed by atoms with Crippen LogP contribution in [0.5, 0.6) is 0 Å². The summed E-state index contributed by atoms with van der Waals surface area (Å²) in [5, 5.41) is 4.07. The lowest BCUT2D eigenvalue weighted by Gasteiger charge is -2.10. The van der Waals surface area contributed by atoms with Crippen LogP contribution >= 0.6 is 0 Å². The molecule has 1 aliphatic heterocycles. The number of rotatable bonds is 4. The van der Waals surface area contributed by atoms with Gasteiger partial charge in [-0.05, 0) is 51.2 Å². The molecule has 2 N–H and O–H groups in total. The first kappa shape index (κ1) is 16.1. The topological polar surface area (TPSA) is 86.3 Å². The zero-order valence-corrected chi connectivity index (χ0v) is 14.2. The Kier molecular flexibility index (Phi) is 4.26. The van der Waals surface area contributed by atoms with E-state index < -0.39 is 0 Å². The molecule has 0 aromatic carbocycles. The molecule has 7 heteroatoms. The number of hydrogen-bond acceptors (Lipinski definition) is 5. The van der Waals surface area contributed by atoms with Crippen LogP contribution in [0, 0.1) is 13.8 Å². The van der Waals surface area contributed by atoms with E-state index in [0.717, 1.165) is 23.5 Å². The molecule has 0 saturated heterocycles. The van der Waals surface area contributed by atoms with E-state index in [-0.39, 0.29) is 5.91 Å². The number of nitrogens with zero attached hydrogens (tertiary/aromatic N) is 4. The fourth-order valence-electron chi connectivity index (χ4n) is 2.72. The molecule has 0 atom stereocenters. The van der Waals surface area contributed by atoms with Crippen molar-refractivity contribution in [3.8, 4) is 0 Å². The van der Waals surface area contributed by atoms with Gasteiger partial charge in [0.2, 0.25) is 0 Å². The summed E-state index contributed by atoms with van der Waals surface area (Å²) in [6.45, 7) is 4.93. The first-order valence-electron chi connectivity index (χ1n) is 7.67. The van der Waals surface area contributed by atoms with Crippen molar-refractivity contribution in [2.24, 2.45) is 5.10 Å². The maximum atomic E-state index is 12.2. The predicted molar refractivity (Wildman–Crippen MR) is 92.3 cm³/mol. The molecular formula is C17H20N6O. The molecule has 0 aliphatic carbocycles. The minimum absolute atomic E-state index is 0.252. The van der Waals surface area contributed by atoms with E-state index in [1.54, 1.807) is 18.5 Å². The summed E-state index contributed by atoms with van der Waals surface area (Å²) in [7, 11) is 4.07. The summed E-state index contributed by atoms with van der Waals surface area (Å²) in [5.74, 6) is 0.176. The Balaban J connectivity index is 2.01. The molecule has 2 aromatic rings. The number of amides is 1. The molecule has 0 radical (unpaired) electrons. The van der Waals surface area contributed by atoms with Gasteiger partial charge in [0.25, 0.3) is 5.91 Å². The van der Waals surface area contributed by atoms with Crippen molar-refractivity contribution < 1.29 is 4.79 Å². The third-order valence-electron chi connectivity index (χ3n) is 3.94. The van der Waals surface area contributed by atoms with Crippen molar-refractivity contribution in [1.29, 1.82) is 0 Å². The molecule has 24 heavy (non-hydrogen) atoms. The van der Waals surface area contributed by atoms with Crippen molar-refractivity contribution in [1.82, 2.24) is 25.3 Å². The van der Waals surface area contributed by atoms with Crippen LogP contribution in [-0.4, -0.2) is 45.6 Å². The van der Waals surface area contributed by atoms with E-state index in [0.29, 0.717) is 17.1 Å². The smallest absolute Gasteiger partial charge is 0.273 e. The fourth-order valence-corrected chi connectivity index (χ4v) is 2.72. The Hall–Kier alpha value is -2.80. The highest BCUT2D eigenvalue weighted by atomic mass is 16.2. The molecule has 3 rings (SSSR count). The number of aromatic amines is 1. The van der Waals surface area contributed by atoms with Gasteiger partial charge >= 0.3 is 0 Å². The van der Waals surface area contributed by atoms with Crippen LogP contribution in [0.2, 0.25) is 0 Å². The molecule has 0 saturated carbocycles. The SMILES string of the molecule is Cc1[nH]c(C=C2C(=O)NN=C2c2ncccn2)c(C)c1CN(C)C. The summed E-state index contributed by atoms with van der Waals surface area (Å²) < 4.78 is 0. The van der Waals surface area contributed by atoms with Crippen molar-refractivity contribution in [3.05, 3.63) is 52.4 Å². The number of hydrogen-bond donors (Lipinski definition) is 2. The molecule has 0 spiro atoms. The summed E-state index contributed by atoms with van der Waals surface area (Å²) in [6, 6.07) is 1.73. The van der Waals surface area contributed by atoms with Crippen LogP contribution in [0.3, 0.4) is 0 Å². The monoisotopic (exact) mass is 324 g/mol. The molecule has 7 nitrogen and oxygen atoms in total. The van der Waals surface area contributed by atoms with Gasteiger partial charge in [-0.2, -0.15) is 5.10 Å². The molecule has 1 aliphatic rings. The summed E-state index contributed by atoms with van der Waals surface area (Å²) in [5.41, 5.74) is 7.77. The number of carbonyl (C=O) groups is 1. The van der Waals surface area contributed by atoms with Crippen LogP contribution < -0.4 is 5.43 Å². The number of hydrazone groups is 1. The van der Waals surface area contributed by atoms with Gasteiger partial charge in [-0.3, -0.25) is 4.79 Å². The van der Waals surface area contributed by atoms with Crippen LogP contribution in [0.15, 0.2) is 29.1 Å². The molecular weight excluding hydrogens is 304 g/mol. The van der Waals surface area contributed by atoms with E-state index in [2.05, 4.69) is 37.3 Å². The average Bonchev–Trinajstić information content (AvgIpc) is 3.04. The highest BCUT2D eigenvalue weighted by molar-refractivity contribution is 6.32. The standard InChI is InChI=1S/C17H20N6O/c1-10-13(9-23(3)4)11(2)20-14(10)8-12-15(21-22-17(12)24)16-18-6-5-7-19-16/h5-8,20H,9H2,1-4H3,(H,22,24). The molecule has 0 fully saturated rings. The normalized spacial score (nSPS) is 16.0. The first-order chi connectivity index (χ1) is 11.5. The van der Waals surface area contributed by atoms with E-state index in [1.165, 1.54) is 5.56 Å². The number of nitrogens with one attached hydrogen (secondary N) is 2. The Bertz CT molecular complexity index is 832. The third kappa shape index (κ3) is 2.98. The Morgan fingerprint density at radius 2 is 1.92 bits per heavy atom. The number of aryl methyl sites for hydroxylation is 1. The zero-order chi connectivity index (χ0) is 17.3. The number of aromatic nitrogens is 3. The number of carbonyl (C=O) groups excluding carboxylic acids is 1. The minimum atomic E-state index is -0.252. The molecule has 3 heterocycles. The Morgan fingerprint density at radius 3 is 2.58 bits per heavy atom. The van der Waals surface area contributed by atoms with Gasteiger partial charge < -0.3 is 9.88 Å². The summed E-state index contributed by atoms with van der Waals surface area (Å²) >= 11 is 0. The van der Waals surface area contributed by atoms with Gasteiger partial charge in [-0.1, -0.05) is 0 Å². The quantitative estimate of drug-likeness (QED) is 0.833. The Labute approximate surface area is 140 Å². The van der Waals surface area contributed by atoms with Gasteiger partial charge in [0.1, 0.15) is 5.71 Å². The summed E-state index contributed by atoms with van der Waals surface area (Å²) in [4.78, 5) is 26.0. The lowest BCUT2D eigenvalue weighted by atomic mass is 10.1. The molecule has 124 valence electrons. The van der Waals surface area contributed by atoms with E-state index in [4.69, 9.17) is 0 Å². The van der Waals surface area contributed by atoms with Crippen molar-refractivity contribution in [2.75, 3.05) is 14.1 Å². The zero-order valence-electron chi connectivity index (χ0n) is 14.2. The van der Waals surface area contributed by atoms with Crippen LogP contribution in [-0.2, 0) is 11.3 Å². The van der Waals surface area contributed by atoms with Crippen LogP contribution in [0.1, 0.15) is 28.3 Å². The highest BCUT2D eigenvalue weighted by Gasteiger charge is 2.26. The first-order valence-corrected chi connectivity index (χ1v) is 7.67. The van der Waals surface area contributed by atoms with E-state index in [9.17, 15) is 4.79 Å². The lowest BCUT2D eigenvalue weighted by molar-refractivity contribution is -0.116. The average molecular weight is 324 g/mol. The predicted octanol–water partition coefficient (Wildman–Crippen LogP) is 1.40. The fraction of sp³-hybridized carbons (Fsp3) is 0.294. The second-order valence-corrected chi connectivity index (χ2v) is 6.04.